The van der Waals surface area contributed by atoms with Crippen molar-refractivity contribution in [3.8, 4) is 11.1 Å². The Morgan fingerprint density at radius 2 is 0.767 bits per heavy atom. The molecule has 0 radical (unpaired) electrons. The van der Waals surface area contributed by atoms with Gasteiger partial charge in [-0.3, -0.25) is 20.4 Å². The maximum absolute atomic E-state index is 13.0. The van der Waals surface area contributed by atoms with Gasteiger partial charge in [-0.25, -0.2) is 33.7 Å². The van der Waals surface area contributed by atoms with Crippen molar-refractivity contribution >= 4 is 87.0 Å². The number of hydrogen-bond acceptors (Lipinski definition) is 18. The van der Waals surface area contributed by atoms with E-state index in [2.05, 4.69) is 21.1 Å². The van der Waals surface area contributed by atoms with E-state index in [4.69, 9.17) is 0 Å². The molecule has 0 heterocycles. The molecule has 18 nitrogen and oxygen atoms in total. The first kappa shape index (κ1) is 54.4. The summed E-state index contributed by atoms with van der Waals surface area (Å²) in [4.78, 5) is 22.2. The summed E-state index contributed by atoms with van der Waals surface area (Å²) in [5, 5.41) is 8.04. The van der Waals surface area contributed by atoms with E-state index in [1.165, 1.54) is 0 Å². The number of hydrogen-bond donors (Lipinski definition) is 2. The SMILES string of the molecule is Cc1cc(NN=C2C(=O)C(S(=O)(=O)[O-])=Cc3cc(S(=O)(=O)[O-])ccc32)ccc1-c1ccc(NN=C2C(=O)C(S(=O)(=O)[O-])=Cc3cc(S(=O)(=O)[O-])ccc32)cc1C.[Na+].[Na+].[Na+].[Na+]. The summed E-state index contributed by atoms with van der Waals surface area (Å²) in [6, 6.07) is 15.4. The third-order valence-corrected chi connectivity index (χ3v) is 11.8. The number of hydrazone groups is 2. The van der Waals surface area contributed by atoms with Crippen LogP contribution in [0.15, 0.2) is 103 Å². The molecule has 0 unspecified atom stereocenters. The molecule has 0 amide bonds. The molecule has 0 bridgehead atoms. The maximum atomic E-state index is 13.0. The van der Waals surface area contributed by atoms with E-state index < -0.39 is 83.1 Å². The van der Waals surface area contributed by atoms with Crippen molar-refractivity contribution in [1.82, 2.24) is 0 Å². The van der Waals surface area contributed by atoms with Crippen molar-refractivity contribution in [2.75, 3.05) is 10.9 Å². The fourth-order valence-electron chi connectivity index (χ4n) is 5.86. The molecule has 4 aromatic rings. The topological polar surface area (TPSA) is 312 Å². The number of benzene rings is 4. The smallest absolute Gasteiger partial charge is 0.744 e. The first-order valence-electron chi connectivity index (χ1n) is 15.5. The Bertz CT molecular complexity index is 2840. The van der Waals surface area contributed by atoms with Gasteiger partial charge in [0.1, 0.15) is 61.7 Å². The predicted molar refractivity (Wildman–Crippen MR) is 196 cm³/mol. The summed E-state index contributed by atoms with van der Waals surface area (Å²) in [5.74, 6) is -2.51. The molecular weight excluding hydrogens is 909 g/mol. The number of nitrogens with zero attached hydrogens (tertiary/aromatic N) is 2. The molecule has 2 aliphatic rings. The molecular formula is C34H22N4Na4O14S4. The molecule has 0 saturated heterocycles. The molecule has 2 N–H and O–H groups in total. The number of aryl methyl sites for hydroxylation is 2. The van der Waals surface area contributed by atoms with Crippen molar-refractivity contribution in [2.45, 2.75) is 23.6 Å². The molecule has 0 spiro atoms. The molecule has 290 valence electrons. The number of Topliss-reactive ketones (excluding diaryl/α,β-unsaturated/α-hetero) is 2. The predicted octanol–water partition coefficient (Wildman–Crippen LogP) is -9.64. The van der Waals surface area contributed by atoms with E-state index in [1.54, 1.807) is 50.2 Å². The van der Waals surface area contributed by atoms with Crippen molar-refractivity contribution in [3.05, 3.63) is 116 Å². The monoisotopic (exact) mass is 930 g/mol. The van der Waals surface area contributed by atoms with Gasteiger partial charge < -0.3 is 18.2 Å². The molecule has 60 heavy (non-hydrogen) atoms. The second-order valence-electron chi connectivity index (χ2n) is 12.2. The third kappa shape index (κ3) is 11.9. The quantitative estimate of drug-likeness (QED) is 0.0895. The normalized spacial score (nSPS) is 15.2. The summed E-state index contributed by atoms with van der Waals surface area (Å²) in [5.41, 5.74) is 7.09. The van der Waals surface area contributed by atoms with Crippen molar-refractivity contribution < 1.29 is 180 Å². The Kier molecular flexibility index (Phi) is 18.5. The van der Waals surface area contributed by atoms with Gasteiger partial charge in [-0.15, -0.1) is 0 Å². The Hall–Kier alpha value is -1.72. The van der Waals surface area contributed by atoms with E-state index in [9.17, 15) is 61.5 Å². The number of fused-ring (bicyclic) bond motifs is 2. The Morgan fingerprint density at radius 1 is 0.450 bits per heavy atom. The van der Waals surface area contributed by atoms with Crippen LogP contribution in [0.3, 0.4) is 0 Å². The second kappa shape index (κ2) is 20.4. The van der Waals surface area contributed by atoms with E-state index in [1.807, 2.05) is 0 Å². The molecule has 2 aliphatic carbocycles. The number of carbonyl (C=O) groups is 2. The van der Waals surface area contributed by atoms with Gasteiger partial charge in [-0.05, 0) is 108 Å². The Balaban J connectivity index is 0.00000310. The maximum Gasteiger partial charge on any atom is 1.00 e. The standard InChI is InChI=1S/C34H26N4O14S4.4Na/c1-17-11-21(35-37-31-27-9-5-23(53(41,42)43)13-19(27)15-29(33(31)39)55(47,48)49)3-7-25(17)26-8-4-22(12-18(26)2)36-38-32-28-10-6-24(54(44,45)46)14-20(28)16-30(34(32)40)56(50,51)52;;;;/h3-16,35-36H,1-2H3,(H,41,42,43)(H,44,45,46)(H,47,48,49)(H,50,51,52);;;;/q;4*+1/p-4. The zero-order chi connectivity index (χ0) is 41.1. The van der Waals surface area contributed by atoms with Gasteiger partial charge in [0, 0.05) is 11.1 Å². The minimum absolute atomic E-state index is 0. The fraction of sp³-hybridized carbons (Fsp3) is 0.0588. The average molecular weight is 931 g/mol. The summed E-state index contributed by atoms with van der Waals surface area (Å²) in [7, 11) is -20.6. The number of nitrogens with one attached hydrogen (secondary N) is 2. The number of allylic oxidation sites excluding steroid dienone is 2. The Morgan fingerprint density at radius 3 is 1.05 bits per heavy atom. The van der Waals surface area contributed by atoms with Gasteiger partial charge in [0.05, 0.1) is 21.2 Å². The first-order valence-corrected chi connectivity index (χ1v) is 21.1. The minimum Gasteiger partial charge on any atom is -0.744 e. The molecule has 0 aromatic heterocycles. The van der Waals surface area contributed by atoms with Crippen LogP contribution < -0.4 is 129 Å². The van der Waals surface area contributed by atoms with Gasteiger partial charge >= 0.3 is 118 Å². The van der Waals surface area contributed by atoms with E-state index in [0.717, 1.165) is 36.4 Å². The van der Waals surface area contributed by atoms with E-state index >= 15 is 0 Å². The molecule has 0 saturated carbocycles. The molecule has 26 heteroatoms. The van der Waals surface area contributed by atoms with Crippen LogP contribution in [-0.4, -0.2) is 74.9 Å². The van der Waals surface area contributed by atoms with Crippen LogP contribution in [0.4, 0.5) is 11.4 Å². The van der Waals surface area contributed by atoms with Gasteiger partial charge in [0.2, 0.25) is 11.6 Å². The van der Waals surface area contributed by atoms with Crippen LogP contribution in [0.1, 0.15) is 33.4 Å². The Labute approximate surface area is 432 Å². The summed E-state index contributed by atoms with van der Waals surface area (Å²) in [6.45, 7) is 3.49. The van der Waals surface area contributed by atoms with Crippen molar-refractivity contribution in [2.24, 2.45) is 10.2 Å². The zero-order valence-corrected chi connectivity index (χ0v) is 43.6. The van der Waals surface area contributed by atoms with E-state index in [-0.39, 0.29) is 140 Å². The van der Waals surface area contributed by atoms with Crippen LogP contribution in [0.2, 0.25) is 0 Å². The summed E-state index contributed by atoms with van der Waals surface area (Å²) >= 11 is 0. The molecule has 6 rings (SSSR count). The van der Waals surface area contributed by atoms with Crippen LogP contribution >= 0.6 is 0 Å². The largest absolute Gasteiger partial charge is 1.00 e. The van der Waals surface area contributed by atoms with Gasteiger partial charge in [0.25, 0.3) is 0 Å². The summed E-state index contributed by atoms with van der Waals surface area (Å²) in [6.07, 6.45) is 1.35. The number of anilines is 2. The minimum atomic E-state index is -5.33. The van der Waals surface area contributed by atoms with Gasteiger partial charge in [-0.2, -0.15) is 10.2 Å². The fourth-order valence-corrected chi connectivity index (χ4v) is 8.06. The van der Waals surface area contributed by atoms with E-state index in [0.29, 0.717) is 45.8 Å². The third-order valence-electron chi connectivity index (χ3n) is 8.46. The first-order chi connectivity index (χ1) is 25.9. The van der Waals surface area contributed by atoms with Gasteiger partial charge in [-0.1, -0.05) is 24.3 Å². The molecule has 0 atom stereocenters. The zero-order valence-electron chi connectivity index (χ0n) is 32.3. The molecule has 0 aliphatic heterocycles. The second-order valence-corrected chi connectivity index (χ2v) is 17.6. The number of carbonyl (C=O) groups excluding carboxylic acids is 2. The van der Waals surface area contributed by atoms with Gasteiger partial charge in [0.15, 0.2) is 0 Å². The van der Waals surface area contributed by atoms with Crippen LogP contribution in [0.5, 0.6) is 0 Å². The summed E-state index contributed by atoms with van der Waals surface area (Å²) < 4.78 is 140. The van der Waals surface area contributed by atoms with Crippen LogP contribution in [0, 0.1) is 13.8 Å². The molecule has 0 fully saturated rings. The molecule has 4 aromatic carbocycles. The van der Waals surface area contributed by atoms with Crippen LogP contribution in [0.25, 0.3) is 23.3 Å². The number of rotatable bonds is 9. The van der Waals surface area contributed by atoms with Crippen LogP contribution in [-0.2, 0) is 50.1 Å². The van der Waals surface area contributed by atoms with Crippen molar-refractivity contribution in [3.63, 3.8) is 0 Å². The van der Waals surface area contributed by atoms with Crippen molar-refractivity contribution in [1.29, 1.82) is 0 Å². The number of ketones is 2. The average Bonchev–Trinajstić information content (AvgIpc) is 3.08.